The molecule has 0 aromatic heterocycles. The van der Waals surface area contributed by atoms with Crippen LogP contribution in [-0.2, 0) is 0 Å². The molecular weight excluding hydrogens is 345 g/mol. The minimum atomic E-state index is -1.07. The number of hydrazine groups is 1. The first kappa shape index (κ1) is 16.6. The highest BCUT2D eigenvalue weighted by atomic mass is 35.5. The largest absolute Gasteiger partial charge is 0.320 e. The zero-order valence-corrected chi connectivity index (χ0v) is 13.4. The second kappa shape index (κ2) is 7.48. The number of Topliss-reactive ketones (excluding diaryl/α,β-unsaturated/α-hetero) is 1. The summed E-state index contributed by atoms with van der Waals surface area (Å²) in [6.45, 7) is 0. The lowest BCUT2D eigenvalue weighted by atomic mass is 10.1. The molecule has 0 saturated heterocycles. The van der Waals surface area contributed by atoms with Gasteiger partial charge < -0.3 is 5.43 Å². The van der Waals surface area contributed by atoms with Crippen LogP contribution < -0.4 is 10.9 Å². The molecule has 0 heterocycles. The minimum Gasteiger partial charge on any atom is -0.320 e. The molecule has 22 heavy (non-hydrogen) atoms. The van der Waals surface area contributed by atoms with Crippen molar-refractivity contribution in [3.8, 4) is 6.07 Å². The van der Waals surface area contributed by atoms with Crippen LogP contribution in [0.25, 0.3) is 0 Å². The van der Waals surface area contributed by atoms with E-state index >= 15 is 0 Å². The fourth-order valence-electron chi connectivity index (χ4n) is 1.72. The summed E-state index contributed by atoms with van der Waals surface area (Å²) in [7, 11) is 0. The first-order valence-electron chi connectivity index (χ1n) is 6.16. The number of benzene rings is 2. The van der Waals surface area contributed by atoms with Crippen LogP contribution in [0, 0.1) is 11.3 Å². The summed E-state index contributed by atoms with van der Waals surface area (Å²) < 4.78 is 0. The Morgan fingerprint density at radius 3 is 2.14 bits per heavy atom. The Hall–Kier alpha value is -1.77. The third-order valence-corrected chi connectivity index (χ3v) is 3.43. The summed E-state index contributed by atoms with van der Waals surface area (Å²) in [6, 6.07) is 11.9. The van der Waals surface area contributed by atoms with E-state index in [0.29, 0.717) is 26.3 Å². The number of carbonyl (C=O) groups excluding carboxylic acids is 1. The number of nitriles is 1. The van der Waals surface area contributed by atoms with E-state index in [4.69, 9.17) is 40.1 Å². The standard InChI is InChI=1S/C15H10Cl3N3O/c16-10-3-1-9(2-4-10)15(22)14(8-19)21-20-13-6-11(17)5-12(18)7-13/h1-7,14,20-21H. The fourth-order valence-corrected chi connectivity index (χ4v) is 2.37. The summed E-state index contributed by atoms with van der Waals surface area (Å²) in [4.78, 5) is 12.2. The summed E-state index contributed by atoms with van der Waals surface area (Å²) in [6.07, 6.45) is 0. The van der Waals surface area contributed by atoms with E-state index in [1.807, 2.05) is 6.07 Å². The summed E-state index contributed by atoms with van der Waals surface area (Å²) in [5, 5.41) is 10.5. The minimum absolute atomic E-state index is 0.375. The Bertz CT molecular complexity index is 706. The molecule has 0 saturated carbocycles. The second-order valence-corrected chi connectivity index (χ2v) is 5.67. The van der Waals surface area contributed by atoms with Gasteiger partial charge in [-0.25, -0.2) is 5.43 Å². The quantitative estimate of drug-likeness (QED) is 0.619. The van der Waals surface area contributed by atoms with Crippen molar-refractivity contribution < 1.29 is 4.79 Å². The van der Waals surface area contributed by atoms with Gasteiger partial charge in [0.1, 0.15) is 0 Å². The van der Waals surface area contributed by atoms with E-state index in [0.717, 1.165) is 0 Å². The average molecular weight is 355 g/mol. The number of nitrogens with one attached hydrogen (secondary N) is 2. The Balaban J connectivity index is 2.07. The van der Waals surface area contributed by atoms with Crippen LogP contribution in [-0.4, -0.2) is 11.8 Å². The number of anilines is 1. The second-order valence-electron chi connectivity index (χ2n) is 4.36. The van der Waals surface area contributed by atoms with Gasteiger partial charge in [-0.15, -0.1) is 0 Å². The van der Waals surface area contributed by atoms with Gasteiger partial charge in [0.15, 0.2) is 11.8 Å². The maximum absolute atomic E-state index is 12.2. The fraction of sp³-hybridized carbons (Fsp3) is 0.0667. The van der Waals surface area contributed by atoms with Crippen LogP contribution in [0.1, 0.15) is 10.4 Å². The average Bonchev–Trinajstić information content (AvgIpc) is 2.47. The number of hydrogen-bond acceptors (Lipinski definition) is 4. The molecule has 112 valence electrons. The molecule has 0 radical (unpaired) electrons. The maximum atomic E-state index is 12.2. The van der Waals surface area contributed by atoms with Gasteiger partial charge in [0.05, 0.1) is 11.8 Å². The van der Waals surface area contributed by atoms with E-state index in [1.165, 1.54) is 0 Å². The lowest BCUT2D eigenvalue weighted by Gasteiger charge is -2.13. The summed E-state index contributed by atoms with van der Waals surface area (Å²) >= 11 is 17.5. The molecular formula is C15H10Cl3N3O. The molecule has 2 N–H and O–H groups in total. The van der Waals surface area contributed by atoms with Crippen molar-refractivity contribution >= 4 is 46.3 Å². The molecule has 1 unspecified atom stereocenters. The molecule has 0 amide bonds. The number of halogens is 3. The summed E-state index contributed by atoms with van der Waals surface area (Å²) in [5.41, 5.74) is 6.32. The van der Waals surface area contributed by atoms with E-state index in [2.05, 4.69) is 10.9 Å². The van der Waals surface area contributed by atoms with E-state index < -0.39 is 6.04 Å². The smallest absolute Gasteiger partial charge is 0.195 e. The van der Waals surface area contributed by atoms with Crippen molar-refractivity contribution in [3.05, 3.63) is 63.1 Å². The van der Waals surface area contributed by atoms with Gasteiger partial charge in [0, 0.05) is 20.6 Å². The monoisotopic (exact) mass is 353 g/mol. The zero-order valence-electron chi connectivity index (χ0n) is 11.1. The normalized spacial score (nSPS) is 11.5. The molecule has 4 nitrogen and oxygen atoms in total. The number of rotatable bonds is 5. The van der Waals surface area contributed by atoms with Crippen LogP contribution in [0.2, 0.25) is 15.1 Å². The van der Waals surface area contributed by atoms with Gasteiger partial charge in [0.25, 0.3) is 0 Å². The van der Waals surface area contributed by atoms with Crippen LogP contribution in [0.4, 0.5) is 5.69 Å². The van der Waals surface area contributed by atoms with E-state index in [-0.39, 0.29) is 5.78 Å². The highest BCUT2D eigenvalue weighted by molar-refractivity contribution is 6.35. The lowest BCUT2D eigenvalue weighted by molar-refractivity contribution is 0.0969. The molecule has 0 aliphatic heterocycles. The van der Waals surface area contributed by atoms with Crippen LogP contribution in [0.15, 0.2) is 42.5 Å². The molecule has 7 heteroatoms. The van der Waals surface area contributed by atoms with Crippen molar-refractivity contribution in [2.45, 2.75) is 6.04 Å². The Morgan fingerprint density at radius 1 is 1.00 bits per heavy atom. The van der Waals surface area contributed by atoms with Gasteiger partial charge in [-0.3, -0.25) is 4.79 Å². The first-order valence-corrected chi connectivity index (χ1v) is 7.30. The molecule has 1 atom stereocenters. The predicted octanol–water partition coefficient (Wildman–Crippen LogP) is 4.34. The predicted molar refractivity (Wildman–Crippen MR) is 88.4 cm³/mol. The number of ketones is 1. The zero-order chi connectivity index (χ0) is 16.1. The number of carbonyl (C=O) groups is 1. The third kappa shape index (κ3) is 4.36. The number of nitrogens with zero attached hydrogens (tertiary/aromatic N) is 1. The van der Waals surface area contributed by atoms with Crippen LogP contribution in [0.5, 0.6) is 0 Å². The Morgan fingerprint density at radius 2 is 1.59 bits per heavy atom. The Labute approximate surface area is 142 Å². The third-order valence-electron chi connectivity index (χ3n) is 2.74. The van der Waals surface area contributed by atoms with Gasteiger partial charge in [0.2, 0.25) is 0 Å². The van der Waals surface area contributed by atoms with Gasteiger partial charge >= 0.3 is 0 Å². The van der Waals surface area contributed by atoms with Gasteiger partial charge in [-0.1, -0.05) is 34.8 Å². The summed E-state index contributed by atoms with van der Waals surface area (Å²) in [5.74, 6) is -0.375. The first-order chi connectivity index (χ1) is 10.5. The lowest BCUT2D eigenvalue weighted by Crippen LogP contribution is -2.39. The topological polar surface area (TPSA) is 64.9 Å². The van der Waals surface area contributed by atoms with Crippen molar-refractivity contribution in [3.63, 3.8) is 0 Å². The Kier molecular flexibility index (Phi) is 5.64. The van der Waals surface area contributed by atoms with Gasteiger partial charge in [-0.2, -0.15) is 5.26 Å². The molecule has 0 bridgehead atoms. The van der Waals surface area contributed by atoms with Crippen molar-refractivity contribution in [1.82, 2.24) is 5.43 Å². The molecule has 0 fully saturated rings. The van der Waals surface area contributed by atoms with E-state index in [9.17, 15) is 4.79 Å². The van der Waals surface area contributed by atoms with E-state index in [1.54, 1.807) is 42.5 Å². The molecule has 2 aromatic carbocycles. The molecule has 2 rings (SSSR count). The molecule has 0 spiro atoms. The molecule has 0 aliphatic rings. The van der Waals surface area contributed by atoms with Gasteiger partial charge in [-0.05, 0) is 42.5 Å². The van der Waals surface area contributed by atoms with Crippen LogP contribution in [0.3, 0.4) is 0 Å². The highest BCUT2D eigenvalue weighted by Gasteiger charge is 2.19. The van der Waals surface area contributed by atoms with Crippen LogP contribution >= 0.6 is 34.8 Å². The van der Waals surface area contributed by atoms with Crippen molar-refractivity contribution in [2.75, 3.05) is 5.43 Å². The van der Waals surface area contributed by atoms with Crippen molar-refractivity contribution in [2.24, 2.45) is 0 Å². The SMILES string of the molecule is N#CC(NNc1cc(Cl)cc(Cl)c1)C(=O)c1ccc(Cl)cc1. The molecule has 2 aromatic rings. The molecule has 0 aliphatic carbocycles. The maximum Gasteiger partial charge on any atom is 0.195 e. The van der Waals surface area contributed by atoms with Crippen molar-refractivity contribution in [1.29, 1.82) is 5.26 Å². The number of hydrogen-bond donors (Lipinski definition) is 2. The highest BCUT2D eigenvalue weighted by Crippen LogP contribution is 2.22.